The maximum atomic E-state index is 11.6. The Kier molecular flexibility index (Phi) is 3.73. The maximum absolute atomic E-state index is 11.6. The highest BCUT2D eigenvalue weighted by Gasteiger charge is 2.41. The van der Waals surface area contributed by atoms with Gasteiger partial charge in [0.15, 0.2) is 0 Å². The van der Waals surface area contributed by atoms with Crippen LogP contribution in [-0.2, 0) is 11.3 Å². The molecule has 6 nitrogen and oxygen atoms in total. The third kappa shape index (κ3) is 3.52. The van der Waals surface area contributed by atoms with Gasteiger partial charge in [0.2, 0.25) is 5.91 Å². The Balaban J connectivity index is 1.64. The summed E-state index contributed by atoms with van der Waals surface area (Å²) in [6.45, 7) is 1.44. The van der Waals surface area contributed by atoms with Crippen LogP contribution in [0, 0.1) is 5.41 Å². The molecule has 0 atom stereocenters. The molecular formula is C11H18N4O2. The zero-order valence-electron chi connectivity index (χ0n) is 9.80. The standard InChI is InChI=1S/C11H18N4O2/c16-8-4-11(2-3-11)9-12-10(17)1-6-15-7-5-13-14-15/h5,7,16H,1-4,6,8-9H2,(H,12,17). The van der Waals surface area contributed by atoms with Gasteiger partial charge in [-0.2, -0.15) is 0 Å². The Morgan fingerprint density at radius 2 is 2.35 bits per heavy atom. The first-order valence-corrected chi connectivity index (χ1v) is 5.96. The van der Waals surface area contributed by atoms with Crippen LogP contribution in [0.5, 0.6) is 0 Å². The first kappa shape index (κ1) is 12.0. The van der Waals surface area contributed by atoms with Crippen molar-refractivity contribution >= 4 is 5.91 Å². The molecule has 0 aliphatic heterocycles. The predicted octanol–water partition coefficient (Wildman–Crippen LogP) is -0.0530. The van der Waals surface area contributed by atoms with E-state index in [-0.39, 0.29) is 17.9 Å². The Labute approximate surface area is 100 Å². The number of nitrogens with one attached hydrogen (secondary N) is 1. The van der Waals surface area contributed by atoms with Crippen LogP contribution in [0.3, 0.4) is 0 Å². The highest BCUT2D eigenvalue weighted by atomic mass is 16.3. The molecule has 17 heavy (non-hydrogen) atoms. The molecule has 0 aromatic carbocycles. The summed E-state index contributed by atoms with van der Waals surface area (Å²) in [4.78, 5) is 11.6. The molecule has 0 radical (unpaired) electrons. The first-order valence-electron chi connectivity index (χ1n) is 5.96. The number of nitrogens with zero attached hydrogens (tertiary/aromatic N) is 3. The van der Waals surface area contributed by atoms with Crippen LogP contribution < -0.4 is 5.32 Å². The van der Waals surface area contributed by atoms with Crippen molar-refractivity contribution in [2.75, 3.05) is 13.2 Å². The molecule has 94 valence electrons. The van der Waals surface area contributed by atoms with Crippen LogP contribution in [0.2, 0.25) is 0 Å². The molecule has 1 aromatic rings. The Morgan fingerprint density at radius 1 is 1.53 bits per heavy atom. The highest BCUT2D eigenvalue weighted by Crippen LogP contribution is 2.47. The summed E-state index contributed by atoms with van der Waals surface area (Å²) in [6.07, 6.45) is 6.75. The zero-order valence-corrected chi connectivity index (χ0v) is 9.80. The molecular weight excluding hydrogens is 220 g/mol. The van der Waals surface area contributed by atoms with E-state index < -0.39 is 0 Å². The lowest BCUT2D eigenvalue weighted by Crippen LogP contribution is -2.31. The van der Waals surface area contributed by atoms with Crippen LogP contribution in [0.4, 0.5) is 0 Å². The van der Waals surface area contributed by atoms with Crippen molar-refractivity contribution in [1.29, 1.82) is 0 Å². The monoisotopic (exact) mass is 238 g/mol. The third-order valence-corrected chi connectivity index (χ3v) is 3.30. The number of carbonyl (C=O) groups is 1. The molecule has 0 spiro atoms. The third-order valence-electron chi connectivity index (χ3n) is 3.30. The lowest BCUT2D eigenvalue weighted by atomic mass is 10.0. The SMILES string of the molecule is O=C(CCn1ccnn1)NCC1(CCO)CC1. The van der Waals surface area contributed by atoms with E-state index in [1.807, 2.05) is 0 Å². The summed E-state index contributed by atoms with van der Waals surface area (Å²) in [7, 11) is 0. The van der Waals surface area contributed by atoms with Gasteiger partial charge in [-0.3, -0.25) is 9.48 Å². The van der Waals surface area contributed by atoms with Crippen molar-refractivity contribution in [3.05, 3.63) is 12.4 Å². The van der Waals surface area contributed by atoms with Crippen LogP contribution >= 0.6 is 0 Å². The normalized spacial score (nSPS) is 16.8. The van der Waals surface area contributed by atoms with Gasteiger partial charge in [0, 0.05) is 25.8 Å². The molecule has 1 amide bonds. The van der Waals surface area contributed by atoms with Crippen LogP contribution in [0.1, 0.15) is 25.7 Å². The van der Waals surface area contributed by atoms with E-state index >= 15 is 0 Å². The molecule has 0 bridgehead atoms. The Bertz CT molecular complexity index is 360. The number of amides is 1. The number of carbonyl (C=O) groups excluding carboxylic acids is 1. The number of rotatable bonds is 7. The van der Waals surface area contributed by atoms with Crippen LogP contribution in [-0.4, -0.2) is 39.2 Å². The molecule has 0 unspecified atom stereocenters. The summed E-state index contributed by atoms with van der Waals surface area (Å²) in [5.41, 5.74) is 0.178. The summed E-state index contributed by atoms with van der Waals surface area (Å²) < 4.78 is 1.64. The summed E-state index contributed by atoms with van der Waals surface area (Å²) in [6, 6.07) is 0. The van der Waals surface area contributed by atoms with Crippen molar-refractivity contribution in [2.24, 2.45) is 5.41 Å². The largest absolute Gasteiger partial charge is 0.396 e. The number of aliphatic hydroxyl groups is 1. The molecule has 2 rings (SSSR count). The number of aliphatic hydroxyl groups excluding tert-OH is 1. The molecule has 1 fully saturated rings. The Hall–Kier alpha value is -1.43. The van der Waals surface area contributed by atoms with Gasteiger partial charge in [0.25, 0.3) is 0 Å². The van der Waals surface area contributed by atoms with Crippen molar-refractivity contribution in [1.82, 2.24) is 20.3 Å². The van der Waals surface area contributed by atoms with E-state index in [4.69, 9.17) is 5.11 Å². The average Bonchev–Trinajstić information content (AvgIpc) is 2.90. The van der Waals surface area contributed by atoms with Gasteiger partial charge in [-0.15, -0.1) is 5.10 Å². The number of hydrogen-bond donors (Lipinski definition) is 2. The topological polar surface area (TPSA) is 80.0 Å². The molecule has 1 aliphatic rings. The summed E-state index contributed by atoms with van der Waals surface area (Å²) in [5.74, 6) is 0.0321. The second-order valence-corrected chi connectivity index (χ2v) is 4.67. The lowest BCUT2D eigenvalue weighted by Gasteiger charge is -2.14. The molecule has 1 aromatic heterocycles. The van der Waals surface area contributed by atoms with E-state index in [0.29, 0.717) is 19.5 Å². The molecule has 1 aliphatic carbocycles. The quantitative estimate of drug-likeness (QED) is 0.698. The van der Waals surface area contributed by atoms with Crippen LogP contribution in [0.15, 0.2) is 12.4 Å². The maximum Gasteiger partial charge on any atom is 0.221 e. The minimum Gasteiger partial charge on any atom is -0.396 e. The van der Waals surface area contributed by atoms with Gasteiger partial charge < -0.3 is 10.4 Å². The van der Waals surface area contributed by atoms with Gasteiger partial charge in [-0.25, -0.2) is 0 Å². The van der Waals surface area contributed by atoms with E-state index in [1.54, 1.807) is 17.1 Å². The predicted molar refractivity (Wildman–Crippen MR) is 61.0 cm³/mol. The van der Waals surface area contributed by atoms with Crippen molar-refractivity contribution in [3.63, 3.8) is 0 Å². The second-order valence-electron chi connectivity index (χ2n) is 4.67. The number of aromatic nitrogens is 3. The summed E-state index contributed by atoms with van der Waals surface area (Å²) in [5, 5.41) is 19.3. The molecule has 6 heteroatoms. The van der Waals surface area contributed by atoms with Crippen LogP contribution in [0.25, 0.3) is 0 Å². The van der Waals surface area contributed by atoms with E-state index in [0.717, 1.165) is 19.3 Å². The fraction of sp³-hybridized carbons (Fsp3) is 0.727. The van der Waals surface area contributed by atoms with E-state index in [9.17, 15) is 4.79 Å². The van der Waals surface area contributed by atoms with Crippen molar-refractivity contribution in [2.45, 2.75) is 32.2 Å². The minimum absolute atomic E-state index is 0.0321. The van der Waals surface area contributed by atoms with Gasteiger partial charge in [-0.1, -0.05) is 5.21 Å². The van der Waals surface area contributed by atoms with Gasteiger partial charge in [0.1, 0.15) is 0 Å². The average molecular weight is 238 g/mol. The minimum atomic E-state index is 0.0321. The molecule has 1 saturated carbocycles. The van der Waals surface area contributed by atoms with Crippen molar-refractivity contribution < 1.29 is 9.90 Å². The van der Waals surface area contributed by atoms with Gasteiger partial charge in [-0.05, 0) is 24.7 Å². The molecule has 0 saturated heterocycles. The smallest absolute Gasteiger partial charge is 0.221 e. The van der Waals surface area contributed by atoms with Gasteiger partial charge >= 0.3 is 0 Å². The molecule has 2 N–H and O–H groups in total. The first-order chi connectivity index (χ1) is 8.24. The fourth-order valence-electron chi connectivity index (χ4n) is 1.87. The van der Waals surface area contributed by atoms with Crippen molar-refractivity contribution in [3.8, 4) is 0 Å². The highest BCUT2D eigenvalue weighted by molar-refractivity contribution is 5.75. The zero-order chi connectivity index (χ0) is 12.1. The summed E-state index contributed by atoms with van der Waals surface area (Å²) >= 11 is 0. The van der Waals surface area contributed by atoms with Gasteiger partial charge in [0.05, 0.1) is 12.7 Å². The second kappa shape index (κ2) is 5.27. The number of aryl methyl sites for hydroxylation is 1. The fourth-order valence-corrected chi connectivity index (χ4v) is 1.87. The van der Waals surface area contributed by atoms with E-state index in [2.05, 4.69) is 15.6 Å². The lowest BCUT2D eigenvalue weighted by molar-refractivity contribution is -0.121. The number of hydrogen-bond acceptors (Lipinski definition) is 4. The molecule has 1 heterocycles. The Morgan fingerprint density at radius 3 is 2.94 bits per heavy atom. The van der Waals surface area contributed by atoms with E-state index in [1.165, 1.54) is 0 Å².